The van der Waals surface area contributed by atoms with Crippen molar-refractivity contribution in [3.05, 3.63) is 0 Å². The zero-order valence-corrected chi connectivity index (χ0v) is 7.37. The van der Waals surface area contributed by atoms with Crippen molar-refractivity contribution in [2.45, 2.75) is 26.4 Å². The largest absolute Gasteiger partial charge is 0.391 e. The molecule has 0 saturated heterocycles. The SMILES string of the molecule is CC#CCC(O)CSCC. The minimum Gasteiger partial charge on any atom is -0.391 e. The number of aliphatic hydroxyl groups is 1. The summed E-state index contributed by atoms with van der Waals surface area (Å²) in [5.74, 6) is 7.48. The van der Waals surface area contributed by atoms with E-state index in [1.807, 2.05) is 0 Å². The second-order valence-electron chi connectivity index (χ2n) is 1.94. The molecule has 2 heteroatoms. The molecule has 0 bridgehead atoms. The number of aliphatic hydroxyl groups excluding tert-OH is 1. The van der Waals surface area contributed by atoms with Crippen LogP contribution in [0.1, 0.15) is 20.3 Å². The molecule has 0 aliphatic rings. The summed E-state index contributed by atoms with van der Waals surface area (Å²) in [5, 5.41) is 9.19. The summed E-state index contributed by atoms with van der Waals surface area (Å²) in [6.07, 6.45) is 0.376. The lowest BCUT2D eigenvalue weighted by atomic mass is 10.3. The molecule has 0 fully saturated rings. The number of hydrogen-bond acceptors (Lipinski definition) is 2. The van der Waals surface area contributed by atoms with E-state index >= 15 is 0 Å². The summed E-state index contributed by atoms with van der Waals surface area (Å²) in [7, 11) is 0. The molecular formula is C8H14OS. The van der Waals surface area contributed by atoms with Gasteiger partial charge in [0.1, 0.15) is 0 Å². The van der Waals surface area contributed by atoms with Gasteiger partial charge in [-0.25, -0.2) is 0 Å². The van der Waals surface area contributed by atoms with Crippen molar-refractivity contribution in [3.8, 4) is 11.8 Å². The Kier molecular flexibility index (Phi) is 6.89. The van der Waals surface area contributed by atoms with Crippen LogP contribution >= 0.6 is 11.8 Å². The molecule has 0 aromatic carbocycles. The Balaban J connectivity index is 3.21. The average molecular weight is 158 g/mol. The molecule has 0 aliphatic carbocycles. The Morgan fingerprint density at radius 2 is 2.30 bits per heavy atom. The van der Waals surface area contributed by atoms with Crippen LogP contribution in [-0.2, 0) is 0 Å². The van der Waals surface area contributed by atoms with E-state index in [1.54, 1.807) is 18.7 Å². The van der Waals surface area contributed by atoms with Crippen LogP contribution in [0.15, 0.2) is 0 Å². The quantitative estimate of drug-likeness (QED) is 0.626. The van der Waals surface area contributed by atoms with Gasteiger partial charge in [0.2, 0.25) is 0 Å². The molecular weight excluding hydrogens is 144 g/mol. The molecule has 0 amide bonds. The zero-order valence-electron chi connectivity index (χ0n) is 6.55. The minimum absolute atomic E-state index is 0.239. The van der Waals surface area contributed by atoms with E-state index in [0.717, 1.165) is 11.5 Å². The highest BCUT2D eigenvalue weighted by atomic mass is 32.2. The normalized spacial score (nSPS) is 11.9. The van der Waals surface area contributed by atoms with Gasteiger partial charge in [-0.3, -0.25) is 0 Å². The third-order valence-corrected chi connectivity index (χ3v) is 2.06. The van der Waals surface area contributed by atoms with Gasteiger partial charge < -0.3 is 5.11 Å². The molecule has 1 nitrogen and oxygen atoms in total. The molecule has 0 radical (unpaired) electrons. The predicted octanol–water partition coefficient (Wildman–Crippen LogP) is 1.51. The lowest BCUT2D eigenvalue weighted by Gasteiger charge is -2.03. The molecule has 0 heterocycles. The van der Waals surface area contributed by atoms with E-state index in [4.69, 9.17) is 0 Å². The molecule has 0 aliphatic heterocycles. The first-order chi connectivity index (χ1) is 4.81. The van der Waals surface area contributed by atoms with Crippen molar-refractivity contribution in [2.24, 2.45) is 0 Å². The second-order valence-corrected chi connectivity index (χ2v) is 3.26. The van der Waals surface area contributed by atoms with Crippen molar-refractivity contribution >= 4 is 11.8 Å². The highest BCUT2D eigenvalue weighted by Crippen LogP contribution is 2.03. The number of rotatable bonds is 4. The van der Waals surface area contributed by atoms with Crippen LogP contribution in [0.4, 0.5) is 0 Å². The molecule has 58 valence electrons. The van der Waals surface area contributed by atoms with Gasteiger partial charge in [0.25, 0.3) is 0 Å². The highest BCUT2D eigenvalue weighted by Gasteiger charge is 1.99. The summed E-state index contributed by atoms with van der Waals surface area (Å²) >= 11 is 1.75. The summed E-state index contributed by atoms with van der Waals surface area (Å²) < 4.78 is 0. The Labute approximate surface area is 67.2 Å². The minimum atomic E-state index is -0.239. The van der Waals surface area contributed by atoms with E-state index < -0.39 is 0 Å². The monoisotopic (exact) mass is 158 g/mol. The lowest BCUT2D eigenvalue weighted by molar-refractivity contribution is 0.205. The van der Waals surface area contributed by atoms with E-state index in [-0.39, 0.29) is 6.10 Å². The van der Waals surface area contributed by atoms with E-state index in [2.05, 4.69) is 18.8 Å². The first-order valence-corrected chi connectivity index (χ1v) is 4.62. The van der Waals surface area contributed by atoms with Crippen LogP contribution in [0.25, 0.3) is 0 Å². The van der Waals surface area contributed by atoms with Crippen molar-refractivity contribution in [1.82, 2.24) is 0 Å². The highest BCUT2D eigenvalue weighted by molar-refractivity contribution is 7.99. The van der Waals surface area contributed by atoms with E-state index in [1.165, 1.54) is 0 Å². The average Bonchev–Trinajstić information content (AvgIpc) is 1.97. The molecule has 10 heavy (non-hydrogen) atoms. The molecule has 1 unspecified atom stereocenters. The van der Waals surface area contributed by atoms with Gasteiger partial charge >= 0.3 is 0 Å². The van der Waals surface area contributed by atoms with Crippen LogP contribution in [0.2, 0.25) is 0 Å². The summed E-state index contributed by atoms with van der Waals surface area (Å²) in [6, 6.07) is 0. The molecule has 0 aromatic rings. The Morgan fingerprint density at radius 1 is 1.60 bits per heavy atom. The van der Waals surface area contributed by atoms with Gasteiger partial charge in [0.05, 0.1) is 6.10 Å². The third kappa shape index (κ3) is 6.00. The molecule has 1 atom stereocenters. The summed E-state index contributed by atoms with van der Waals surface area (Å²) in [5.41, 5.74) is 0. The maximum atomic E-state index is 9.19. The molecule has 0 rings (SSSR count). The molecule has 0 aromatic heterocycles. The van der Waals surface area contributed by atoms with Gasteiger partial charge in [-0.2, -0.15) is 11.8 Å². The third-order valence-electron chi connectivity index (χ3n) is 1.03. The summed E-state index contributed by atoms with van der Waals surface area (Å²) in [6.45, 7) is 3.88. The van der Waals surface area contributed by atoms with Crippen LogP contribution in [0, 0.1) is 11.8 Å². The van der Waals surface area contributed by atoms with Crippen LogP contribution in [0.5, 0.6) is 0 Å². The van der Waals surface area contributed by atoms with Crippen LogP contribution in [0.3, 0.4) is 0 Å². The number of hydrogen-bond donors (Lipinski definition) is 1. The lowest BCUT2D eigenvalue weighted by Crippen LogP contribution is -2.08. The maximum Gasteiger partial charge on any atom is 0.0739 e. The first kappa shape index (κ1) is 9.87. The first-order valence-electron chi connectivity index (χ1n) is 3.46. The van der Waals surface area contributed by atoms with Crippen LogP contribution in [-0.4, -0.2) is 22.7 Å². The second kappa shape index (κ2) is 6.98. The van der Waals surface area contributed by atoms with Crippen molar-refractivity contribution in [1.29, 1.82) is 0 Å². The Bertz CT molecular complexity index is 123. The zero-order chi connectivity index (χ0) is 7.82. The van der Waals surface area contributed by atoms with E-state index in [0.29, 0.717) is 6.42 Å². The topological polar surface area (TPSA) is 20.2 Å². The fourth-order valence-electron chi connectivity index (χ4n) is 0.533. The predicted molar refractivity (Wildman–Crippen MR) is 47.1 cm³/mol. The smallest absolute Gasteiger partial charge is 0.0739 e. The fourth-order valence-corrected chi connectivity index (χ4v) is 1.16. The Morgan fingerprint density at radius 3 is 2.80 bits per heavy atom. The van der Waals surface area contributed by atoms with Gasteiger partial charge in [-0.15, -0.1) is 11.8 Å². The maximum absolute atomic E-state index is 9.19. The Hall–Kier alpha value is -0.130. The molecule has 1 N–H and O–H groups in total. The van der Waals surface area contributed by atoms with E-state index in [9.17, 15) is 5.11 Å². The van der Waals surface area contributed by atoms with Gasteiger partial charge in [-0.1, -0.05) is 6.92 Å². The van der Waals surface area contributed by atoms with Gasteiger partial charge in [0, 0.05) is 12.2 Å². The summed E-state index contributed by atoms with van der Waals surface area (Å²) in [4.78, 5) is 0. The van der Waals surface area contributed by atoms with Crippen molar-refractivity contribution in [3.63, 3.8) is 0 Å². The molecule has 0 spiro atoms. The van der Waals surface area contributed by atoms with Crippen LogP contribution < -0.4 is 0 Å². The van der Waals surface area contributed by atoms with Gasteiger partial charge in [0.15, 0.2) is 0 Å². The standard InChI is InChI=1S/C8H14OS/c1-3-5-6-8(9)7-10-4-2/h8-9H,4,6-7H2,1-2H3. The van der Waals surface area contributed by atoms with Crippen molar-refractivity contribution < 1.29 is 5.11 Å². The fraction of sp³-hybridized carbons (Fsp3) is 0.750. The number of thioether (sulfide) groups is 1. The molecule has 0 saturated carbocycles. The van der Waals surface area contributed by atoms with Crippen molar-refractivity contribution in [2.75, 3.05) is 11.5 Å². The van der Waals surface area contributed by atoms with Gasteiger partial charge in [-0.05, 0) is 12.7 Å².